The smallest absolute Gasteiger partial charge is 0.418 e. The van der Waals surface area contributed by atoms with E-state index in [1.54, 1.807) is 51.2 Å². The van der Waals surface area contributed by atoms with Gasteiger partial charge in [0, 0.05) is 0 Å². The maximum Gasteiger partial charge on any atom is 0.418 e. The Kier molecular flexibility index (Phi) is 5.66. The molecule has 3 amide bonds. The summed E-state index contributed by atoms with van der Waals surface area (Å²) in [4.78, 5) is 41.9. The number of rotatable bonds is 3. The third-order valence-electron chi connectivity index (χ3n) is 4.45. The highest BCUT2D eigenvalue weighted by atomic mass is 32.1. The van der Waals surface area contributed by atoms with Crippen molar-refractivity contribution >= 4 is 34.9 Å². The van der Waals surface area contributed by atoms with E-state index in [-0.39, 0.29) is 12.5 Å². The number of thiophene rings is 1. The SMILES string of the molecule is COc1ccc(CN2C(=O)[C@H](C)N(C(=O)OC(C)(C)C)C(=O)c3sccc32)cc1. The average Bonchev–Trinajstić information content (AvgIpc) is 3.11. The van der Waals surface area contributed by atoms with Crippen molar-refractivity contribution in [1.29, 1.82) is 0 Å². The standard InChI is InChI=1S/C21H24N2O5S/c1-13-18(24)22(12-14-6-8-15(27-5)9-7-14)16-10-11-29-17(16)19(25)23(13)20(26)28-21(2,3)4/h6-11,13H,12H2,1-5H3/t13-/m0/s1. The largest absolute Gasteiger partial charge is 0.497 e. The van der Waals surface area contributed by atoms with Crippen molar-refractivity contribution in [2.75, 3.05) is 12.0 Å². The maximum absolute atomic E-state index is 13.3. The Hall–Kier alpha value is -2.87. The van der Waals surface area contributed by atoms with Crippen molar-refractivity contribution in [3.63, 3.8) is 0 Å². The Morgan fingerprint density at radius 2 is 1.79 bits per heavy atom. The summed E-state index contributed by atoms with van der Waals surface area (Å²) in [5, 5.41) is 1.74. The van der Waals surface area contributed by atoms with Crippen LogP contribution < -0.4 is 9.64 Å². The van der Waals surface area contributed by atoms with E-state index in [9.17, 15) is 14.4 Å². The molecule has 0 saturated carbocycles. The number of nitrogens with zero attached hydrogens (tertiary/aromatic N) is 2. The van der Waals surface area contributed by atoms with Gasteiger partial charge in [0.05, 0.1) is 19.3 Å². The number of imide groups is 1. The molecule has 154 valence electrons. The van der Waals surface area contributed by atoms with Crippen LogP contribution in [-0.4, -0.2) is 41.6 Å². The first-order valence-corrected chi connectivity index (χ1v) is 10.1. The zero-order valence-corrected chi connectivity index (χ0v) is 17.9. The van der Waals surface area contributed by atoms with Crippen molar-refractivity contribution < 1.29 is 23.9 Å². The first-order valence-electron chi connectivity index (χ1n) is 9.20. The number of hydrogen-bond acceptors (Lipinski definition) is 6. The minimum Gasteiger partial charge on any atom is -0.497 e. The molecule has 1 aliphatic heterocycles. The second-order valence-electron chi connectivity index (χ2n) is 7.74. The van der Waals surface area contributed by atoms with Crippen LogP contribution in [0, 0.1) is 0 Å². The van der Waals surface area contributed by atoms with Crippen LogP contribution in [-0.2, 0) is 16.1 Å². The van der Waals surface area contributed by atoms with Gasteiger partial charge in [-0.3, -0.25) is 9.59 Å². The van der Waals surface area contributed by atoms with E-state index in [4.69, 9.17) is 9.47 Å². The van der Waals surface area contributed by atoms with Crippen molar-refractivity contribution in [3.05, 3.63) is 46.2 Å². The Labute approximate surface area is 173 Å². The third kappa shape index (κ3) is 4.27. The fourth-order valence-electron chi connectivity index (χ4n) is 3.04. The van der Waals surface area contributed by atoms with Crippen LogP contribution in [0.5, 0.6) is 5.75 Å². The van der Waals surface area contributed by atoms with Crippen LogP contribution in [0.25, 0.3) is 0 Å². The number of anilines is 1. The number of ether oxygens (including phenoxy) is 2. The van der Waals surface area contributed by atoms with E-state index in [2.05, 4.69) is 0 Å². The van der Waals surface area contributed by atoms with Crippen molar-refractivity contribution in [2.45, 2.75) is 45.9 Å². The van der Waals surface area contributed by atoms with Gasteiger partial charge in [-0.2, -0.15) is 0 Å². The molecule has 0 bridgehead atoms. The van der Waals surface area contributed by atoms with E-state index in [1.165, 1.54) is 11.3 Å². The number of benzene rings is 1. The van der Waals surface area contributed by atoms with Gasteiger partial charge < -0.3 is 14.4 Å². The van der Waals surface area contributed by atoms with Gasteiger partial charge in [-0.15, -0.1) is 11.3 Å². The van der Waals surface area contributed by atoms with Crippen molar-refractivity contribution in [3.8, 4) is 5.75 Å². The minimum absolute atomic E-state index is 0.270. The third-order valence-corrected chi connectivity index (χ3v) is 5.34. The molecule has 0 radical (unpaired) electrons. The van der Waals surface area contributed by atoms with E-state index < -0.39 is 23.6 Å². The van der Waals surface area contributed by atoms with Crippen LogP contribution in [0.3, 0.4) is 0 Å². The molecule has 0 aliphatic carbocycles. The molecular formula is C21H24N2O5S. The Balaban J connectivity index is 1.96. The fourth-order valence-corrected chi connectivity index (χ4v) is 3.87. The summed E-state index contributed by atoms with van der Waals surface area (Å²) < 4.78 is 10.6. The fraction of sp³-hybridized carbons (Fsp3) is 0.381. The normalized spacial score (nSPS) is 17.1. The van der Waals surface area contributed by atoms with Crippen molar-refractivity contribution in [2.24, 2.45) is 0 Å². The summed E-state index contributed by atoms with van der Waals surface area (Å²) in [7, 11) is 1.59. The summed E-state index contributed by atoms with van der Waals surface area (Å²) in [5.41, 5.74) is 0.591. The number of carbonyl (C=O) groups excluding carboxylic acids is 3. The predicted octanol–water partition coefficient (Wildman–Crippen LogP) is 4.07. The van der Waals surface area contributed by atoms with Crippen LogP contribution >= 0.6 is 11.3 Å². The van der Waals surface area contributed by atoms with Crippen LogP contribution in [0.2, 0.25) is 0 Å². The molecular weight excluding hydrogens is 392 g/mol. The lowest BCUT2D eigenvalue weighted by Crippen LogP contribution is -2.50. The first kappa shape index (κ1) is 20.9. The molecule has 8 heteroatoms. The molecule has 7 nitrogen and oxygen atoms in total. The quantitative estimate of drug-likeness (QED) is 0.754. The lowest BCUT2D eigenvalue weighted by molar-refractivity contribution is -0.122. The van der Waals surface area contributed by atoms with Gasteiger partial charge in [0.25, 0.3) is 11.8 Å². The molecule has 1 aromatic heterocycles. The molecule has 0 unspecified atom stereocenters. The second kappa shape index (κ2) is 7.87. The van der Waals surface area contributed by atoms with E-state index in [0.29, 0.717) is 16.3 Å². The van der Waals surface area contributed by atoms with Gasteiger partial charge in [0.2, 0.25) is 0 Å². The van der Waals surface area contributed by atoms with Gasteiger partial charge in [-0.05, 0) is 56.8 Å². The number of carbonyl (C=O) groups is 3. The van der Waals surface area contributed by atoms with E-state index >= 15 is 0 Å². The van der Waals surface area contributed by atoms with Gasteiger partial charge in [-0.25, -0.2) is 9.69 Å². The number of fused-ring (bicyclic) bond motifs is 1. The van der Waals surface area contributed by atoms with Gasteiger partial charge in [0.1, 0.15) is 22.3 Å². The predicted molar refractivity (Wildman–Crippen MR) is 110 cm³/mol. The number of hydrogen-bond donors (Lipinski definition) is 0. The van der Waals surface area contributed by atoms with Gasteiger partial charge >= 0.3 is 6.09 Å². The zero-order valence-electron chi connectivity index (χ0n) is 17.1. The first-order chi connectivity index (χ1) is 13.6. The van der Waals surface area contributed by atoms with Crippen LogP contribution in [0.4, 0.5) is 10.5 Å². The lowest BCUT2D eigenvalue weighted by Gasteiger charge is -2.29. The molecule has 1 aromatic carbocycles. The Morgan fingerprint density at radius 3 is 2.38 bits per heavy atom. The highest BCUT2D eigenvalue weighted by Gasteiger charge is 2.42. The monoisotopic (exact) mass is 416 g/mol. The maximum atomic E-state index is 13.3. The summed E-state index contributed by atoms with van der Waals surface area (Å²) in [6.45, 7) is 6.96. The van der Waals surface area contributed by atoms with Crippen LogP contribution in [0.1, 0.15) is 42.9 Å². The molecule has 1 atom stereocenters. The molecule has 2 heterocycles. The Bertz CT molecular complexity index is 929. The van der Waals surface area contributed by atoms with E-state index in [1.807, 2.05) is 24.3 Å². The molecule has 0 saturated heterocycles. The van der Waals surface area contributed by atoms with E-state index in [0.717, 1.165) is 10.5 Å². The summed E-state index contributed by atoms with van der Waals surface area (Å²) >= 11 is 1.20. The zero-order chi connectivity index (χ0) is 21.3. The molecule has 0 fully saturated rings. The highest BCUT2D eigenvalue weighted by molar-refractivity contribution is 7.12. The van der Waals surface area contributed by atoms with Gasteiger partial charge in [0.15, 0.2) is 0 Å². The highest BCUT2D eigenvalue weighted by Crippen LogP contribution is 2.34. The minimum atomic E-state index is -0.991. The average molecular weight is 416 g/mol. The van der Waals surface area contributed by atoms with Crippen LogP contribution in [0.15, 0.2) is 35.7 Å². The van der Waals surface area contributed by atoms with Gasteiger partial charge in [-0.1, -0.05) is 12.1 Å². The number of methoxy groups -OCH3 is 1. The molecule has 1 aliphatic rings. The van der Waals surface area contributed by atoms with Crippen molar-refractivity contribution in [1.82, 2.24) is 4.90 Å². The summed E-state index contributed by atoms with van der Waals surface area (Å²) in [5.74, 6) is -0.161. The molecule has 0 spiro atoms. The molecule has 2 aromatic rings. The lowest BCUT2D eigenvalue weighted by atomic mass is 10.1. The second-order valence-corrected chi connectivity index (χ2v) is 8.66. The number of amides is 3. The topological polar surface area (TPSA) is 76.2 Å². The molecule has 0 N–H and O–H groups in total. The Morgan fingerprint density at radius 1 is 1.14 bits per heavy atom. The molecule has 29 heavy (non-hydrogen) atoms. The molecule has 3 rings (SSSR count). The summed E-state index contributed by atoms with van der Waals surface area (Å²) in [6, 6.07) is 8.09. The summed E-state index contributed by atoms with van der Waals surface area (Å²) in [6.07, 6.45) is -0.825.